The molecular weight excluding hydrogens is 444 g/mol. The SMILES string of the molecule is CCn1c(SCC(=O)Nc2cc([N+](=O)[O-])ccc2C)nnc1[C@@H](C)NC(=O)c1ccccc1. The van der Waals surface area contributed by atoms with Crippen molar-refractivity contribution in [3.8, 4) is 0 Å². The predicted octanol–water partition coefficient (Wildman–Crippen LogP) is 3.74. The minimum Gasteiger partial charge on any atom is -0.342 e. The second-order valence-electron chi connectivity index (χ2n) is 7.24. The summed E-state index contributed by atoms with van der Waals surface area (Å²) in [6.45, 7) is 6.07. The van der Waals surface area contributed by atoms with Crippen LogP contribution in [-0.2, 0) is 11.3 Å². The maximum Gasteiger partial charge on any atom is 0.271 e. The van der Waals surface area contributed by atoms with Gasteiger partial charge in [0.1, 0.15) is 0 Å². The molecule has 0 saturated heterocycles. The van der Waals surface area contributed by atoms with E-state index in [2.05, 4.69) is 20.8 Å². The van der Waals surface area contributed by atoms with Crippen molar-refractivity contribution < 1.29 is 14.5 Å². The Morgan fingerprint density at radius 2 is 1.91 bits per heavy atom. The number of nitro groups is 1. The largest absolute Gasteiger partial charge is 0.342 e. The highest BCUT2D eigenvalue weighted by Gasteiger charge is 2.20. The Labute approximate surface area is 194 Å². The molecule has 1 aromatic heterocycles. The van der Waals surface area contributed by atoms with E-state index in [-0.39, 0.29) is 29.3 Å². The zero-order chi connectivity index (χ0) is 24.0. The average molecular weight is 469 g/mol. The molecule has 172 valence electrons. The molecule has 0 fully saturated rings. The van der Waals surface area contributed by atoms with Crippen molar-refractivity contribution in [2.45, 2.75) is 38.5 Å². The van der Waals surface area contributed by atoms with E-state index in [1.54, 1.807) is 37.3 Å². The van der Waals surface area contributed by atoms with Crippen LogP contribution in [0.2, 0.25) is 0 Å². The molecule has 2 aromatic carbocycles. The Morgan fingerprint density at radius 1 is 1.18 bits per heavy atom. The number of aryl methyl sites for hydroxylation is 1. The predicted molar refractivity (Wildman–Crippen MR) is 125 cm³/mol. The lowest BCUT2D eigenvalue weighted by Crippen LogP contribution is -2.28. The first-order valence-corrected chi connectivity index (χ1v) is 11.3. The molecule has 2 amide bonds. The normalized spacial score (nSPS) is 11.6. The van der Waals surface area contributed by atoms with Crippen LogP contribution in [0.4, 0.5) is 11.4 Å². The highest BCUT2D eigenvalue weighted by molar-refractivity contribution is 7.99. The van der Waals surface area contributed by atoms with Crippen molar-refractivity contribution >= 4 is 35.0 Å². The van der Waals surface area contributed by atoms with Gasteiger partial charge in [-0.1, -0.05) is 36.0 Å². The zero-order valence-corrected chi connectivity index (χ0v) is 19.3. The molecule has 1 atom stereocenters. The van der Waals surface area contributed by atoms with Crippen molar-refractivity contribution in [3.05, 3.63) is 75.6 Å². The Bertz CT molecular complexity index is 1160. The topological polar surface area (TPSA) is 132 Å². The first-order chi connectivity index (χ1) is 15.8. The lowest BCUT2D eigenvalue weighted by Gasteiger charge is -2.15. The van der Waals surface area contributed by atoms with E-state index in [4.69, 9.17) is 0 Å². The van der Waals surface area contributed by atoms with Gasteiger partial charge in [-0.15, -0.1) is 10.2 Å². The second-order valence-corrected chi connectivity index (χ2v) is 8.18. The number of thioether (sulfide) groups is 1. The Kier molecular flexibility index (Phi) is 7.78. The number of hydrogen-bond acceptors (Lipinski definition) is 7. The molecule has 0 saturated carbocycles. The van der Waals surface area contributed by atoms with Crippen LogP contribution in [0.1, 0.15) is 41.6 Å². The van der Waals surface area contributed by atoms with E-state index in [0.29, 0.717) is 28.8 Å². The summed E-state index contributed by atoms with van der Waals surface area (Å²) < 4.78 is 1.84. The first kappa shape index (κ1) is 23.9. The molecule has 3 rings (SSSR count). The third-order valence-corrected chi connectivity index (χ3v) is 5.84. The molecule has 0 aliphatic rings. The van der Waals surface area contributed by atoms with Gasteiger partial charge in [-0.05, 0) is 38.5 Å². The molecule has 2 N–H and O–H groups in total. The van der Waals surface area contributed by atoms with E-state index >= 15 is 0 Å². The number of non-ortho nitro benzene ring substituents is 1. The molecule has 0 aliphatic heterocycles. The molecule has 33 heavy (non-hydrogen) atoms. The summed E-state index contributed by atoms with van der Waals surface area (Å²) in [5.74, 6) is 0.0977. The van der Waals surface area contributed by atoms with Gasteiger partial charge in [0, 0.05) is 24.2 Å². The molecule has 0 bridgehead atoms. The third-order valence-electron chi connectivity index (χ3n) is 4.87. The van der Waals surface area contributed by atoms with Crippen molar-refractivity contribution in [1.82, 2.24) is 20.1 Å². The van der Waals surface area contributed by atoms with Crippen molar-refractivity contribution in [3.63, 3.8) is 0 Å². The van der Waals surface area contributed by atoms with E-state index < -0.39 is 4.92 Å². The number of anilines is 1. The maximum atomic E-state index is 12.4. The van der Waals surface area contributed by atoms with Gasteiger partial charge in [0.15, 0.2) is 11.0 Å². The van der Waals surface area contributed by atoms with E-state index in [9.17, 15) is 19.7 Å². The van der Waals surface area contributed by atoms with Gasteiger partial charge in [0.25, 0.3) is 11.6 Å². The smallest absolute Gasteiger partial charge is 0.271 e. The molecule has 1 heterocycles. The van der Waals surface area contributed by atoms with Crippen molar-refractivity contribution in [1.29, 1.82) is 0 Å². The minimum atomic E-state index is -0.507. The van der Waals surface area contributed by atoms with Gasteiger partial charge in [-0.3, -0.25) is 19.7 Å². The lowest BCUT2D eigenvalue weighted by molar-refractivity contribution is -0.384. The summed E-state index contributed by atoms with van der Waals surface area (Å²) in [6, 6.07) is 12.8. The van der Waals surface area contributed by atoms with E-state index in [0.717, 1.165) is 5.56 Å². The standard InChI is InChI=1S/C22H24N6O4S/c1-4-27-20(15(3)23-21(30)16-8-6-5-7-9-16)25-26-22(27)33-13-19(29)24-18-12-17(28(31)32)11-10-14(18)2/h5-12,15H,4,13H2,1-3H3,(H,23,30)(H,24,29)/t15-/m1/s1. The number of amides is 2. The van der Waals surface area contributed by atoms with Crippen LogP contribution in [0.3, 0.4) is 0 Å². The van der Waals surface area contributed by atoms with Gasteiger partial charge < -0.3 is 15.2 Å². The highest BCUT2D eigenvalue weighted by Crippen LogP contribution is 2.24. The minimum absolute atomic E-state index is 0.0466. The summed E-state index contributed by atoms with van der Waals surface area (Å²) in [7, 11) is 0. The Balaban J connectivity index is 1.64. The Morgan fingerprint density at radius 3 is 2.58 bits per heavy atom. The summed E-state index contributed by atoms with van der Waals surface area (Å²) >= 11 is 1.20. The van der Waals surface area contributed by atoms with Gasteiger partial charge >= 0.3 is 0 Å². The number of hydrogen-bond donors (Lipinski definition) is 2. The second kappa shape index (κ2) is 10.7. The van der Waals surface area contributed by atoms with Crippen LogP contribution in [0.15, 0.2) is 53.7 Å². The number of nitrogens with one attached hydrogen (secondary N) is 2. The number of nitro benzene ring substituents is 1. The zero-order valence-electron chi connectivity index (χ0n) is 18.4. The fourth-order valence-corrected chi connectivity index (χ4v) is 3.94. The number of nitrogens with zero attached hydrogens (tertiary/aromatic N) is 4. The van der Waals surface area contributed by atoms with E-state index in [1.165, 1.54) is 23.9 Å². The summed E-state index contributed by atoms with van der Waals surface area (Å²) in [4.78, 5) is 35.4. The Hall–Kier alpha value is -3.73. The molecule has 11 heteroatoms. The van der Waals surface area contributed by atoms with Gasteiger partial charge in [0.05, 0.1) is 22.4 Å². The molecule has 10 nitrogen and oxygen atoms in total. The summed E-state index contributed by atoms with van der Waals surface area (Å²) in [5.41, 5.74) is 1.57. The monoisotopic (exact) mass is 468 g/mol. The van der Waals surface area contributed by atoms with Crippen molar-refractivity contribution in [2.24, 2.45) is 0 Å². The molecular formula is C22H24N6O4S. The van der Waals surface area contributed by atoms with Crippen LogP contribution in [0.5, 0.6) is 0 Å². The number of aromatic nitrogens is 3. The molecule has 0 radical (unpaired) electrons. The van der Waals surface area contributed by atoms with Crippen LogP contribution < -0.4 is 10.6 Å². The fraction of sp³-hybridized carbons (Fsp3) is 0.273. The molecule has 0 unspecified atom stereocenters. The van der Waals surface area contributed by atoms with Gasteiger partial charge in [-0.2, -0.15) is 0 Å². The fourth-order valence-electron chi connectivity index (χ4n) is 3.13. The number of carbonyl (C=O) groups is 2. The highest BCUT2D eigenvalue weighted by atomic mass is 32.2. The van der Waals surface area contributed by atoms with Crippen molar-refractivity contribution in [2.75, 3.05) is 11.1 Å². The summed E-state index contributed by atoms with van der Waals surface area (Å²) in [6.07, 6.45) is 0. The third kappa shape index (κ3) is 5.95. The molecule has 0 spiro atoms. The maximum absolute atomic E-state index is 12.4. The van der Waals surface area contributed by atoms with Crippen LogP contribution in [0.25, 0.3) is 0 Å². The van der Waals surface area contributed by atoms with Gasteiger partial charge in [0.2, 0.25) is 5.91 Å². The number of rotatable bonds is 9. The molecule has 3 aromatic rings. The number of benzene rings is 2. The molecule has 0 aliphatic carbocycles. The van der Waals surface area contributed by atoms with Crippen LogP contribution in [0, 0.1) is 17.0 Å². The quantitative estimate of drug-likeness (QED) is 0.278. The number of carbonyl (C=O) groups excluding carboxylic acids is 2. The van der Waals surface area contributed by atoms with E-state index in [1.807, 2.05) is 24.5 Å². The first-order valence-electron chi connectivity index (χ1n) is 10.3. The van der Waals surface area contributed by atoms with Crippen LogP contribution in [-0.4, -0.2) is 37.3 Å². The summed E-state index contributed by atoms with van der Waals surface area (Å²) in [5, 5.41) is 25.5. The average Bonchev–Trinajstić information content (AvgIpc) is 3.22. The lowest BCUT2D eigenvalue weighted by atomic mass is 10.2. The van der Waals surface area contributed by atoms with Crippen LogP contribution >= 0.6 is 11.8 Å². The van der Waals surface area contributed by atoms with Gasteiger partial charge in [-0.25, -0.2) is 0 Å².